The van der Waals surface area contributed by atoms with Crippen molar-refractivity contribution in [3.8, 4) is 0 Å². The molecule has 2 heteroatoms. The van der Waals surface area contributed by atoms with Gasteiger partial charge in [-0.25, -0.2) is 0 Å². The third-order valence-electron chi connectivity index (χ3n) is 7.79. The highest BCUT2D eigenvalue weighted by molar-refractivity contribution is 6.05. The van der Waals surface area contributed by atoms with Gasteiger partial charge in [-0.2, -0.15) is 4.58 Å². The maximum absolute atomic E-state index is 2.62. The molecule has 2 aromatic rings. The van der Waals surface area contributed by atoms with E-state index in [2.05, 4.69) is 105 Å². The number of para-hydroxylation sites is 1. The molecular formula is C34H51N2+. The zero-order chi connectivity index (χ0) is 25.8. The van der Waals surface area contributed by atoms with Crippen LogP contribution in [0.2, 0.25) is 0 Å². The molecule has 2 nitrogen and oxygen atoms in total. The molecule has 196 valence electrons. The van der Waals surface area contributed by atoms with Gasteiger partial charge < -0.3 is 4.90 Å². The Morgan fingerprint density at radius 3 is 1.92 bits per heavy atom. The maximum Gasteiger partial charge on any atom is 0.209 e. The fraction of sp³-hybridized carbons (Fsp3) is 0.559. The maximum atomic E-state index is 2.62. The van der Waals surface area contributed by atoms with Crippen molar-refractivity contribution in [1.82, 2.24) is 0 Å². The van der Waals surface area contributed by atoms with Crippen LogP contribution in [0.1, 0.15) is 110 Å². The second-order valence-corrected chi connectivity index (χ2v) is 11.1. The predicted molar refractivity (Wildman–Crippen MR) is 160 cm³/mol. The predicted octanol–water partition coefficient (Wildman–Crippen LogP) is 9.54. The van der Waals surface area contributed by atoms with Gasteiger partial charge in [0.25, 0.3) is 0 Å². The summed E-state index contributed by atoms with van der Waals surface area (Å²) in [5.74, 6) is 0. The van der Waals surface area contributed by atoms with Gasteiger partial charge >= 0.3 is 0 Å². The van der Waals surface area contributed by atoms with Gasteiger partial charge in [-0.15, -0.1) is 0 Å². The molecule has 0 amide bonds. The first kappa shape index (κ1) is 28.2. The molecule has 1 aliphatic heterocycles. The van der Waals surface area contributed by atoms with Gasteiger partial charge in [0, 0.05) is 42.9 Å². The van der Waals surface area contributed by atoms with Crippen LogP contribution in [0.3, 0.4) is 0 Å². The van der Waals surface area contributed by atoms with E-state index in [1.807, 2.05) is 0 Å². The van der Waals surface area contributed by atoms with Crippen molar-refractivity contribution < 1.29 is 4.58 Å². The molecule has 0 unspecified atom stereocenters. The van der Waals surface area contributed by atoms with Gasteiger partial charge in [0.05, 0.1) is 5.41 Å². The minimum absolute atomic E-state index is 0.0224. The molecule has 0 radical (unpaired) electrons. The number of nitrogens with zero attached hydrogens (tertiary/aromatic N) is 2. The summed E-state index contributed by atoms with van der Waals surface area (Å²) >= 11 is 0. The monoisotopic (exact) mass is 487 g/mol. The van der Waals surface area contributed by atoms with E-state index in [1.54, 1.807) is 0 Å². The summed E-state index contributed by atoms with van der Waals surface area (Å²) in [5.41, 5.74) is 6.92. The number of fused-ring (bicyclic) bond motifs is 1. The van der Waals surface area contributed by atoms with Crippen LogP contribution in [0.5, 0.6) is 0 Å². The number of unbranched alkanes of at least 4 members (excludes halogenated alkanes) is 7. The Bertz CT molecular complexity index is 968. The molecule has 0 N–H and O–H groups in total. The van der Waals surface area contributed by atoms with Crippen LogP contribution >= 0.6 is 0 Å². The summed E-state index contributed by atoms with van der Waals surface area (Å²) in [6, 6.07) is 18.2. The van der Waals surface area contributed by atoms with Crippen molar-refractivity contribution >= 4 is 23.2 Å². The average Bonchev–Trinajstić information content (AvgIpc) is 3.11. The van der Waals surface area contributed by atoms with Crippen LogP contribution in [0.15, 0.2) is 54.6 Å². The summed E-state index contributed by atoms with van der Waals surface area (Å²) < 4.78 is 2.55. The Kier molecular flexibility index (Phi) is 11.3. The summed E-state index contributed by atoms with van der Waals surface area (Å²) in [6.45, 7) is 15.0. The lowest BCUT2D eigenvalue weighted by Crippen LogP contribution is -2.27. The lowest BCUT2D eigenvalue weighted by molar-refractivity contribution is -0.438. The van der Waals surface area contributed by atoms with E-state index >= 15 is 0 Å². The van der Waals surface area contributed by atoms with Gasteiger partial charge in [0.2, 0.25) is 5.69 Å². The Morgan fingerprint density at radius 1 is 0.694 bits per heavy atom. The number of hydrogen-bond acceptors (Lipinski definition) is 1. The van der Waals surface area contributed by atoms with Crippen LogP contribution in [-0.2, 0) is 5.41 Å². The molecule has 0 fully saturated rings. The first-order valence-electron chi connectivity index (χ1n) is 14.8. The van der Waals surface area contributed by atoms with Crippen molar-refractivity contribution in [2.45, 2.75) is 104 Å². The molecule has 36 heavy (non-hydrogen) atoms. The summed E-state index contributed by atoms with van der Waals surface area (Å²) in [6.07, 6.45) is 17.7. The van der Waals surface area contributed by atoms with Gasteiger partial charge in [-0.3, -0.25) is 0 Å². The zero-order valence-corrected chi connectivity index (χ0v) is 23.9. The van der Waals surface area contributed by atoms with Gasteiger partial charge in [0.15, 0.2) is 5.71 Å². The molecule has 0 aliphatic carbocycles. The number of rotatable bonds is 16. The van der Waals surface area contributed by atoms with Crippen LogP contribution in [-0.4, -0.2) is 29.9 Å². The van der Waals surface area contributed by atoms with Crippen LogP contribution in [0.4, 0.5) is 11.4 Å². The Balaban J connectivity index is 1.76. The second kappa shape index (κ2) is 14.4. The summed E-state index contributed by atoms with van der Waals surface area (Å²) in [7, 11) is 0. The molecule has 1 heterocycles. The van der Waals surface area contributed by atoms with Gasteiger partial charge in [0.1, 0.15) is 6.54 Å². The van der Waals surface area contributed by atoms with E-state index in [-0.39, 0.29) is 5.41 Å². The highest BCUT2D eigenvalue weighted by Crippen LogP contribution is 2.40. The van der Waals surface area contributed by atoms with Crippen molar-refractivity contribution in [3.63, 3.8) is 0 Å². The standard InChI is InChI=1S/C34H51N2/c1-6-9-12-16-26-35(27-17-13-10-7-2)30-23-20-29(21-24-30)22-25-33-34(4,5)31-18-14-15-19-32(31)36(33)28-11-8-3/h14-15,18-25H,6-13,16-17,26-28H2,1-5H3/q+1. The van der Waals surface area contributed by atoms with Crippen molar-refractivity contribution in [2.24, 2.45) is 0 Å². The molecule has 0 saturated heterocycles. The number of hydrogen-bond donors (Lipinski definition) is 0. The lowest BCUT2D eigenvalue weighted by Gasteiger charge is -2.25. The second-order valence-electron chi connectivity index (χ2n) is 11.1. The fourth-order valence-electron chi connectivity index (χ4n) is 5.50. The van der Waals surface area contributed by atoms with Crippen LogP contribution < -0.4 is 4.90 Å². The van der Waals surface area contributed by atoms with E-state index in [1.165, 1.54) is 106 Å². The topological polar surface area (TPSA) is 6.25 Å². The van der Waals surface area contributed by atoms with E-state index in [0.29, 0.717) is 0 Å². The van der Waals surface area contributed by atoms with Gasteiger partial charge in [-0.05, 0) is 50.5 Å². The SMILES string of the molecule is CCCCCCN(CCCCCC)c1ccc(/C=C/C2=[N+](CCCC)c3ccccc3C2(C)C)cc1. The van der Waals surface area contributed by atoms with Crippen molar-refractivity contribution in [1.29, 1.82) is 0 Å². The van der Waals surface area contributed by atoms with Crippen LogP contribution in [0, 0.1) is 0 Å². The Hall–Kier alpha value is -2.35. The third kappa shape index (κ3) is 7.34. The van der Waals surface area contributed by atoms with Crippen molar-refractivity contribution in [2.75, 3.05) is 24.5 Å². The highest BCUT2D eigenvalue weighted by Gasteiger charge is 2.43. The number of allylic oxidation sites excluding steroid dienone is 1. The van der Waals surface area contributed by atoms with E-state index in [9.17, 15) is 0 Å². The molecule has 3 rings (SSSR count). The van der Waals surface area contributed by atoms with Crippen LogP contribution in [0.25, 0.3) is 6.08 Å². The molecule has 0 spiro atoms. The molecular weight excluding hydrogens is 436 g/mol. The van der Waals surface area contributed by atoms with Crippen molar-refractivity contribution in [3.05, 3.63) is 65.7 Å². The zero-order valence-electron chi connectivity index (χ0n) is 23.9. The Morgan fingerprint density at radius 2 is 1.31 bits per heavy atom. The minimum Gasteiger partial charge on any atom is -0.372 e. The first-order valence-corrected chi connectivity index (χ1v) is 14.8. The molecule has 0 atom stereocenters. The minimum atomic E-state index is 0.0224. The van der Waals surface area contributed by atoms with E-state index in [4.69, 9.17) is 0 Å². The average molecular weight is 488 g/mol. The summed E-state index contributed by atoms with van der Waals surface area (Å²) in [5, 5.41) is 0. The fourth-order valence-corrected chi connectivity index (χ4v) is 5.50. The molecule has 1 aliphatic rings. The first-order chi connectivity index (χ1) is 17.5. The quantitative estimate of drug-likeness (QED) is 0.169. The lowest BCUT2D eigenvalue weighted by atomic mass is 9.81. The smallest absolute Gasteiger partial charge is 0.209 e. The third-order valence-corrected chi connectivity index (χ3v) is 7.79. The normalized spacial score (nSPS) is 14.6. The van der Waals surface area contributed by atoms with E-state index < -0.39 is 0 Å². The Labute approximate surface area is 222 Å². The molecule has 0 saturated carbocycles. The largest absolute Gasteiger partial charge is 0.372 e. The molecule has 2 aromatic carbocycles. The highest BCUT2D eigenvalue weighted by atomic mass is 15.1. The summed E-state index contributed by atoms with van der Waals surface area (Å²) in [4.78, 5) is 2.62. The van der Waals surface area contributed by atoms with E-state index in [0.717, 1.165) is 6.54 Å². The van der Waals surface area contributed by atoms with Gasteiger partial charge in [-0.1, -0.05) is 96.0 Å². The number of benzene rings is 2. The molecule has 0 aromatic heterocycles. The molecule has 0 bridgehead atoms. The number of anilines is 1.